The van der Waals surface area contributed by atoms with Crippen molar-refractivity contribution in [1.82, 2.24) is 0 Å². The first-order valence-electron chi connectivity index (χ1n) is 7.12. The quantitative estimate of drug-likeness (QED) is 0.857. The molecule has 2 aromatic carbocycles. The number of nitrogens with one attached hydrogen (secondary N) is 1. The lowest BCUT2D eigenvalue weighted by Crippen LogP contribution is -2.20. The lowest BCUT2D eigenvalue weighted by molar-refractivity contribution is -0.118. The van der Waals surface area contributed by atoms with E-state index < -0.39 is 0 Å². The Morgan fingerprint density at radius 2 is 1.83 bits per heavy atom. The molecule has 0 saturated carbocycles. The lowest BCUT2D eigenvalue weighted by Gasteiger charge is -2.19. The molecule has 0 unspecified atom stereocenters. The zero-order valence-corrected chi connectivity index (χ0v) is 12.3. The molecule has 0 spiro atoms. The maximum atomic E-state index is 11.9. The van der Waals surface area contributed by atoms with Gasteiger partial charge in [0.1, 0.15) is 25.2 Å². The molecule has 118 valence electrons. The topological polar surface area (TPSA) is 73.9 Å². The number of hydrogen-bond acceptors (Lipinski definition) is 5. The van der Waals surface area contributed by atoms with Gasteiger partial charge in [-0.15, -0.1) is 0 Å². The van der Waals surface area contributed by atoms with Crippen LogP contribution in [0.15, 0.2) is 42.5 Å². The van der Waals surface area contributed by atoms with Crippen LogP contribution in [0.2, 0.25) is 0 Å². The van der Waals surface area contributed by atoms with Crippen molar-refractivity contribution in [3.63, 3.8) is 0 Å². The Bertz CT molecular complexity index is 711. The molecule has 6 heteroatoms. The van der Waals surface area contributed by atoms with E-state index in [-0.39, 0.29) is 12.5 Å². The molecule has 0 fully saturated rings. The van der Waals surface area contributed by atoms with E-state index in [0.717, 1.165) is 6.29 Å². The number of anilines is 1. The zero-order chi connectivity index (χ0) is 16.1. The molecule has 1 N–H and O–H groups in total. The van der Waals surface area contributed by atoms with E-state index in [1.54, 1.807) is 42.5 Å². The van der Waals surface area contributed by atoms with Gasteiger partial charge >= 0.3 is 0 Å². The highest BCUT2D eigenvalue weighted by molar-refractivity contribution is 5.92. The van der Waals surface area contributed by atoms with Crippen molar-refractivity contribution in [2.24, 2.45) is 0 Å². The summed E-state index contributed by atoms with van der Waals surface area (Å²) in [6, 6.07) is 11.7. The molecule has 23 heavy (non-hydrogen) atoms. The third kappa shape index (κ3) is 3.79. The zero-order valence-electron chi connectivity index (χ0n) is 12.3. The van der Waals surface area contributed by atoms with Gasteiger partial charge in [-0.05, 0) is 36.4 Å². The smallest absolute Gasteiger partial charge is 0.262 e. The van der Waals surface area contributed by atoms with Crippen molar-refractivity contribution in [2.45, 2.75) is 0 Å². The number of carbonyl (C=O) groups is 2. The van der Waals surface area contributed by atoms with Crippen LogP contribution in [-0.4, -0.2) is 32.0 Å². The molecule has 0 atom stereocenters. The fraction of sp³-hybridized carbons (Fsp3) is 0.176. The molecule has 3 rings (SSSR count). The molecule has 0 aliphatic carbocycles. The molecule has 6 nitrogen and oxygen atoms in total. The number of hydrogen-bond donors (Lipinski definition) is 1. The van der Waals surface area contributed by atoms with E-state index in [2.05, 4.69) is 5.32 Å². The monoisotopic (exact) mass is 313 g/mol. The minimum Gasteiger partial charge on any atom is -0.486 e. The van der Waals surface area contributed by atoms with E-state index in [1.165, 1.54) is 0 Å². The van der Waals surface area contributed by atoms with E-state index in [0.29, 0.717) is 41.7 Å². The predicted molar refractivity (Wildman–Crippen MR) is 83.4 cm³/mol. The first-order valence-corrected chi connectivity index (χ1v) is 7.12. The van der Waals surface area contributed by atoms with Crippen molar-refractivity contribution in [2.75, 3.05) is 25.1 Å². The van der Waals surface area contributed by atoms with Gasteiger partial charge in [0.25, 0.3) is 5.91 Å². The molecule has 0 aromatic heterocycles. The number of fused-ring (bicyclic) bond motifs is 1. The Balaban J connectivity index is 1.55. The summed E-state index contributed by atoms with van der Waals surface area (Å²) in [6.45, 7) is 0.884. The second-order valence-corrected chi connectivity index (χ2v) is 4.88. The number of benzene rings is 2. The van der Waals surface area contributed by atoms with Crippen LogP contribution in [0.5, 0.6) is 17.2 Å². The van der Waals surface area contributed by atoms with Crippen LogP contribution in [0.25, 0.3) is 0 Å². The number of ether oxygens (including phenoxy) is 3. The summed E-state index contributed by atoms with van der Waals surface area (Å²) in [5.74, 6) is 1.51. The third-order valence-corrected chi connectivity index (χ3v) is 3.21. The lowest BCUT2D eigenvalue weighted by atomic mass is 10.2. The summed E-state index contributed by atoms with van der Waals surface area (Å²) in [6.07, 6.45) is 0.748. The summed E-state index contributed by atoms with van der Waals surface area (Å²) in [5.41, 5.74) is 1.16. The highest BCUT2D eigenvalue weighted by atomic mass is 16.6. The molecule has 1 aliphatic heterocycles. The van der Waals surface area contributed by atoms with Gasteiger partial charge in [-0.3, -0.25) is 9.59 Å². The number of rotatable bonds is 5. The van der Waals surface area contributed by atoms with E-state index in [9.17, 15) is 9.59 Å². The van der Waals surface area contributed by atoms with Crippen LogP contribution >= 0.6 is 0 Å². The molecular formula is C17H15NO5. The Morgan fingerprint density at radius 3 is 2.57 bits per heavy atom. The molecule has 1 aliphatic rings. The highest BCUT2D eigenvalue weighted by Gasteiger charge is 2.13. The van der Waals surface area contributed by atoms with Crippen LogP contribution in [0.4, 0.5) is 5.69 Å². The minimum atomic E-state index is -0.291. The minimum absolute atomic E-state index is 0.130. The van der Waals surface area contributed by atoms with E-state index in [4.69, 9.17) is 14.2 Å². The average molecular weight is 313 g/mol. The Hall–Kier alpha value is -3.02. The molecule has 2 aromatic rings. The van der Waals surface area contributed by atoms with Gasteiger partial charge in [0.2, 0.25) is 0 Å². The molecule has 1 heterocycles. The second-order valence-electron chi connectivity index (χ2n) is 4.88. The van der Waals surface area contributed by atoms with Crippen LogP contribution < -0.4 is 19.5 Å². The van der Waals surface area contributed by atoms with E-state index in [1.807, 2.05) is 0 Å². The van der Waals surface area contributed by atoms with Crippen LogP contribution in [0.1, 0.15) is 10.4 Å². The third-order valence-electron chi connectivity index (χ3n) is 3.21. The predicted octanol–water partition coefficient (Wildman–Crippen LogP) is 2.29. The summed E-state index contributed by atoms with van der Waals surface area (Å²) in [7, 11) is 0. The SMILES string of the molecule is O=Cc1ccc(OCC(=O)Nc2ccc3c(c2)OCCO3)cc1. The first-order chi connectivity index (χ1) is 11.2. The van der Waals surface area contributed by atoms with Gasteiger partial charge < -0.3 is 19.5 Å². The van der Waals surface area contributed by atoms with Gasteiger partial charge in [0.15, 0.2) is 18.1 Å². The van der Waals surface area contributed by atoms with Crippen LogP contribution in [-0.2, 0) is 4.79 Å². The summed E-state index contributed by atoms with van der Waals surface area (Å²) in [5, 5.41) is 2.73. The Labute approximate surface area is 133 Å². The molecule has 0 radical (unpaired) electrons. The maximum absolute atomic E-state index is 11.9. The van der Waals surface area contributed by atoms with Crippen molar-refractivity contribution in [1.29, 1.82) is 0 Å². The number of amides is 1. The maximum Gasteiger partial charge on any atom is 0.262 e. The van der Waals surface area contributed by atoms with Crippen LogP contribution in [0, 0.1) is 0 Å². The molecule has 1 amide bonds. The average Bonchev–Trinajstić information content (AvgIpc) is 2.60. The first kappa shape index (κ1) is 14.9. The number of carbonyl (C=O) groups excluding carboxylic acids is 2. The largest absolute Gasteiger partial charge is 0.486 e. The van der Waals surface area contributed by atoms with Gasteiger partial charge in [-0.1, -0.05) is 0 Å². The summed E-state index contributed by atoms with van der Waals surface area (Å²) in [4.78, 5) is 22.5. The second kappa shape index (κ2) is 6.83. The molecule has 0 saturated heterocycles. The Morgan fingerprint density at radius 1 is 1.09 bits per heavy atom. The fourth-order valence-corrected chi connectivity index (χ4v) is 2.11. The fourth-order valence-electron chi connectivity index (χ4n) is 2.11. The van der Waals surface area contributed by atoms with Gasteiger partial charge in [-0.2, -0.15) is 0 Å². The highest BCUT2D eigenvalue weighted by Crippen LogP contribution is 2.32. The normalized spacial score (nSPS) is 12.3. The van der Waals surface area contributed by atoms with Gasteiger partial charge in [0, 0.05) is 17.3 Å². The van der Waals surface area contributed by atoms with Gasteiger partial charge in [-0.25, -0.2) is 0 Å². The van der Waals surface area contributed by atoms with E-state index >= 15 is 0 Å². The van der Waals surface area contributed by atoms with Crippen molar-refractivity contribution in [3.05, 3.63) is 48.0 Å². The van der Waals surface area contributed by atoms with Crippen molar-refractivity contribution >= 4 is 17.9 Å². The van der Waals surface area contributed by atoms with Crippen molar-refractivity contribution in [3.8, 4) is 17.2 Å². The van der Waals surface area contributed by atoms with Crippen LogP contribution in [0.3, 0.4) is 0 Å². The summed E-state index contributed by atoms with van der Waals surface area (Å²) >= 11 is 0. The number of aldehydes is 1. The van der Waals surface area contributed by atoms with Gasteiger partial charge in [0.05, 0.1) is 0 Å². The standard InChI is InChI=1S/C17H15NO5/c19-10-12-1-4-14(5-2-12)23-11-17(20)18-13-3-6-15-16(9-13)22-8-7-21-15/h1-6,9-10H,7-8,11H2,(H,18,20). The summed E-state index contributed by atoms with van der Waals surface area (Å²) < 4.78 is 16.2. The van der Waals surface area contributed by atoms with Crippen molar-refractivity contribution < 1.29 is 23.8 Å². The molecular weight excluding hydrogens is 298 g/mol. The molecule has 0 bridgehead atoms. The Kier molecular flexibility index (Phi) is 4.42.